The maximum absolute atomic E-state index is 12.3. The number of benzene rings is 1. The van der Waals surface area contributed by atoms with Crippen molar-refractivity contribution in [1.29, 1.82) is 0 Å². The van der Waals surface area contributed by atoms with Crippen molar-refractivity contribution < 1.29 is 9.53 Å². The van der Waals surface area contributed by atoms with E-state index >= 15 is 0 Å². The topological polar surface area (TPSA) is 50.4 Å². The molecule has 1 aromatic carbocycles. The first kappa shape index (κ1) is 13.7. The van der Waals surface area contributed by atoms with E-state index in [2.05, 4.69) is 17.6 Å². The Kier molecular flexibility index (Phi) is 3.85. The predicted octanol–water partition coefficient (Wildman–Crippen LogP) is 1.76. The number of rotatable bonds is 2. The van der Waals surface area contributed by atoms with Crippen molar-refractivity contribution in [2.45, 2.75) is 31.9 Å². The van der Waals surface area contributed by atoms with E-state index in [0.29, 0.717) is 17.4 Å². The Balaban J connectivity index is 1.62. The zero-order chi connectivity index (χ0) is 14.1. The summed E-state index contributed by atoms with van der Waals surface area (Å²) in [5.74, 6) is 1.24. The quantitative estimate of drug-likeness (QED) is 0.874. The lowest BCUT2D eigenvalue weighted by Crippen LogP contribution is -2.53. The molecular weight excluding hydrogens is 276 g/mol. The molecule has 0 bridgehead atoms. The molecule has 2 aliphatic heterocycles. The smallest absolute Gasteiger partial charge is 0.261 e. The van der Waals surface area contributed by atoms with Crippen molar-refractivity contribution in [3.05, 3.63) is 28.8 Å². The summed E-state index contributed by atoms with van der Waals surface area (Å²) in [6, 6.07) is 5.67. The summed E-state index contributed by atoms with van der Waals surface area (Å²) in [5, 5.41) is 7.09. The number of nitrogens with one attached hydrogen (secondary N) is 2. The third kappa shape index (κ3) is 2.76. The van der Waals surface area contributed by atoms with Crippen molar-refractivity contribution in [3.8, 4) is 5.75 Å². The molecule has 2 N–H and O–H groups in total. The molecule has 1 saturated heterocycles. The number of carbonyl (C=O) groups is 1. The number of hydrogen-bond acceptors (Lipinski definition) is 3. The molecule has 3 unspecified atom stereocenters. The normalized spacial score (nSPS) is 28.6. The van der Waals surface area contributed by atoms with Crippen molar-refractivity contribution >= 4 is 17.5 Å². The van der Waals surface area contributed by atoms with E-state index < -0.39 is 6.10 Å². The van der Waals surface area contributed by atoms with Crippen LogP contribution in [0.15, 0.2) is 18.2 Å². The van der Waals surface area contributed by atoms with Crippen molar-refractivity contribution in [2.24, 2.45) is 5.92 Å². The first-order chi connectivity index (χ1) is 9.63. The first-order valence-electron chi connectivity index (χ1n) is 7.09. The third-order valence-corrected chi connectivity index (χ3v) is 4.38. The minimum absolute atomic E-state index is 0.0297. The van der Waals surface area contributed by atoms with Crippen LogP contribution in [0.3, 0.4) is 0 Å². The highest BCUT2D eigenvalue weighted by atomic mass is 35.5. The largest absolute Gasteiger partial charge is 0.480 e. The van der Waals surface area contributed by atoms with Crippen LogP contribution in [0.2, 0.25) is 5.02 Å². The first-order valence-corrected chi connectivity index (χ1v) is 7.47. The molecule has 1 amide bonds. The molecule has 0 radical (unpaired) electrons. The molecule has 5 heteroatoms. The lowest BCUT2D eigenvalue weighted by Gasteiger charge is -2.30. The molecule has 2 heterocycles. The average molecular weight is 295 g/mol. The van der Waals surface area contributed by atoms with Crippen LogP contribution in [0.4, 0.5) is 0 Å². The standard InChI is InChI=1S/C15H19ClN2O2/c1-9-4-5-17-8-12(9)18-15(19)14-7-10-6-11(16)2-3-13(10)20-14/h2-3,6,9,12,14,17H,4-5,7-8H2,1H3,(H,18,19). The zero-order valence-electron chi connectivity index (χ0n) is 11.5. The summed E-state index contributed by atoms with van der Waals surface area (Å²) < 4.78 is 5.71. The Bertz CT molecular complexity index is 521. The van der Waals surface area contributed by atoms with Gasteiger partial charge in [0.15, 0.2) is 6.10 Å². The van der Waals surface area contributed by atoms with E-state index in [1.807, 2.05) is 12.1 Å². The van der Waals surface area contributed by atoms with E-state index in [1.165, 1.54) is 0 Å². The summed E-state index contributed by atoms with van der Waals surface area (Å²) in [6.07, 6.45) is 1.25. The summed E-state index contributed by atoms with van der Waals surface area (Å²) in [6.45, 7) is 4.03. The van der Waals surface area contributed by atoms with Crippen LogP contribution in [0.1, 0.15) is 18.9 Å². The average Bonchev–Trinajstić information content (AvgIpc) is 2.84. The van der Waals surface area contributed by atoms with Crippen LogP contribution in [0, 0.1) is 5.92 Å². The molecule has 108 valence electrons. The van der Waals surface area contributed by atoms with Gasteiger partial charge in [-0.1, -0.05) is 18.5 Å². The van der Waals surface area contributed by atoms with Gasteiger partial charge in [-0.25, -0.2) is 0 Å². The second kappa shape index (κ2) is 5.62. The van der Waals surface area contributed by atoms with Gasteiger partial charge in [-0.2, -0.15) is 0 Å². The maximum Gasteiger partial charge on any atom is 0.261 e. The van der Waals surface area contributed by atoms with Crippen LogP contribution in [0.25, 0.3) is 0 Å². The minimum Gasteiger partial charge on any atom is -0.480 e. The second-order valence-electron chi connectivity index (χ2n) is 5.65. The Morgan fingerprint density at radius 1 is 1.50 bits per heavy atom. The third-order valence-electron chi connectivity index (χ3n) is 4.14. The summed E-state index contributed by atoms with van der Waals surface area (Å²) in [4.78, 5) is 12.3. The molecule has 4 nitrogen and oxygen atoms in total. The fourth-order valence-corrected chi connectivity index (χ4v) is 3.02. The van der Waals surface area contributed by atoms with E-state index in [4.69, 9.17) is 16.3 Å². The van der Waals surface area contributed by atoms with Gasteiger partial charge in [-0.15, -0.1) is 0 Å². The minimum atomic E-state index is -0.433. The number of carbonyl (C=O) groups excluding carboxylic acids is 1. The highest BCUT2D eigenvalue weighted by molar-refractivity contribution is 6.30. The van der Waals surface area contributed by atoms with Crippen LogP contribution >= 0.6 is 11.6 Å². The van der Waals surface area contributed by atoms with Gasteiger partial charge in [0, 0.05) is 24.0 Å². The van der Waals surface area contributed by atoms with Gasteiger partial charge in [0.1, 0.15) is 5.75 Å². The van der Waals surface area contributed by atoms with E-state index in [-0.39, 0.29) is 11.9 Å². The van der Waals surface area contributed by atoms with Crippen LogP contribution in [0.5, 0.6) is 5.75 Å². The van der Waals surface area contributed by atoms with Crippen LogP contribution in [-0.2, 0) is 11.2 Å². The monoisotopic (exact) mass is 294 g/mol. The number of amides is 1. The molecular formula is C15H19ClN2O2. The fraction of sp³-hybridized carbons (Fsp3) is 0.533. The Hall–Kier alpha value is -1.26. The summed E-state index contributed by atoms with van der Waals surface area (Å²) in [7, 11) is 0. The van der Waals surface area contributed by atoms with Crippen LogP contribution in [-0.4, -0.2) is 31.1 Å². The van der Waals surface area contributed by atoms with E-state index in [9.17, 15) is 4.79 Å². The number of piperidine rings is 1. The van der Waals surface area contributed by atoms with Gasteiger partial charge in [0.2, 0.25) is 0 Å². The van der Waals surface area contributed by atoms with Gasteiger partial charge in [-0.3, -0.25) is 4.79 Å². The van der Waals surface area contributed by atoms with E-state index in [0.717, 1.165) is 30.8 Å². The zero-order valence-corrected chi connectivity index (χ0v) is 12.2. The molecule has 0 aliphatic carbocycles. The van der Waals surface area contributed by atoms with Gasteiger partial charge in [0.25, 0.3) is 5.91 Å². The lowest BCUT2D eigenvalue weighted by molar-refractivity contribution is -0.128. The Labute approximate surface area is 123 Å². The number of hydrogen-bond donors (Lipinski definition) is 2. The molecule has 1 aromatic rings. The Morgan fingerprint density at radius 2 is 2.35 bits per heavy atom. The molecule has 1 fully saturated rings. The van der Waals surface area contributed by atoms with Gasteiger partial charge < -0.3 is 15.4 Å². The van der Waals surface area contributed by atoms with Gasteiger partial charge >= 0.3 is 0 Å². The predicted molar refractivity (Wildman–Crippen MR) is 78.2 cm³/mol. The molecule has 0 spiro atoms. The Morgan fingerprint density at radius 3 is 3.15 bits per heavy atom. The van der Waals surface area contributed by atoms with Crippen molar-refractivity contribution in [1.82, 2.24) is 10.6 Å². The highest BCUT2D eigenvalue weighted by Crippen LogP contribution is 2.31. The molecule has 20 heavy (non-hydrogen) atoms. The van der Waals surface area contributed by atoms with Gasteiger partial charge in [-0.05, 0) is 42.6 Å². The SMILES string of the molecule is CC1CCNCC1NC(=O)C1Cc2cc(Cl)ccc2O1. The second-order valence-corrected chi connectivity index (χ2v) is 6.08. The highest BCUT2D eigenvalue weighted by Gasteiger charge is 2.32. The van der Waals surface area contributed by atoms with Gasteiger partial charge in [0.05, 0.1) is 0 Å². The van der Waals surface area contributed by atoms with Crippen LogP contribution < -0.4 is 15.4 Å². The summed E-state index contributed by atoms with van der Waals surface area (Å²) >= 11 is 5.96. The fourth-order valence-electron chi connectivity index (χ4n) is 2.82. The summed E-state index contributed by atoms with van der Waals surface area (Å²) in [5.41, 5.74) is 1.01. The lowest BCUT2D eigenvalue weighted by atomic mass is 9.94. The maximum atomic E-state index is 12.3. The molecule has 0 aromatic heterocycles. The molecule has 0 saturated carbocycles. The van der Waals surface area contributed by atoms with E-state index in [1.54, 1.807) is 6.07 Å². The number of halogens is 1. The number of fused-ring (bicyclic) bond motifs is 1. The van der Waals surface area contributed by atoms with Crippen molar-refractivity contribution in [3.63, 3.8) is 0 Å². The van der Waals surface area contributed by atoms with Crippen molar-refractivity contribution in [2.75, 3.05) is 13.1 Å². The molecule has 3 rings (SSSR count). The number of ether oxygens (including phenoxy) is 1. The molecule has 3 atom stereocenters. The molecule has 2 aliphatic rings.